The zero-order valence-electron chi connectivity index (χ0n) is 15.1. The summed E-state index contributed by atoms with van der Waals surface area (Å²) in [7, 11) is 0. The Morgan fingerprint density at radius 3 is 2.67 bits per heavy atom. The molecule has 0 radical (unpaired) electrons. The number of nitrogens with zero attached hydrogens (tertiary/aromatic N) is 3. The second kappa shape index (κ2) is 7.19. The lowest BCUT2D eigenvalue weighted by molar-refractivity contribution is -0.129. The Bertz CT molecular complexity index is 971. The van der Waals surface area contributed by atoms with Crippen LogP contribution >= 0.6 is 0 Å². The van der Waals surface area contributed by atoms with Crippen LogP contribution in [0.4, 0.5) is 5.69 Å². The van der Waals surface area contributed by atoms with Crippen LogP contribution in [0.5, 0.6) is 0 Å². The van der Waals surface area contributed by atoms with Gasteiger partial charge in [-0.25, -0.2) is 4.98 Å². The fraction of sp³-hybridized carbons (Fsp3) is 0.300. The number of anilines is 1. The summed E-state index contributed by atoms with van der Waals surface area (Å²) in [5.74, 6) is 0.265. The van der Waals surface area contributed by atoms with Gasteiger partial charge in [0.05, 0.1) is 22.9 Å². The molecule has 1 saturated heterocycles. The van der Waals surface area contributed by atoms with E-state index in [2.05, 4.69) is 20.3 Å². The third-order valence-electron chi connectivity index (χ3n) is 5.09. The van der Waals surface area contributed by atoms with Gasteiger partial charge < -0.3 is 15.2 Å². The molecular formula is C20H21N5O2. The number of nitrogens with one attached hydrogen (secondary N) is 2. The van der Waals surface area contributed by atoms with Gasteiger partial charge in [-0.3, -0.25) is 14.6 Å². The number of fused-ring (bicyclic) bond motifs is 1. The van der Waals surface area contributed by atoms with Crippen molar-refractivity contribution in [3.8, 4) is 0 Å². The number of carbonyl (C=O) groups excluding carboxylic acids is 2. The molecule has 1 aliphatic rings. The smallest absolute Gasteiger partial charge is 0.257 e. The van der Waals surface area contributed by atoms with E-state index in [4.69, 9.17) is 0 Å². The Hall–Kier alpha value is -3.22. The molecule has 7 heteroatoms. The number of hydrogen-bond acceptors (Lipinski definition) is 4. The van der Waals surface area contributed by atoms with E-state index in [-0.39, 0.29) is 11.8 Å². The molecular weight excluding hydrogens is 342 g/mol. The average molecular weight is 363 g/mol. The summed E-state index contributed by atoms with van der Waals surface area (Å²) >= 11 is 0. The van der Waals surface area contributed by atoms with E-state index < -0.39 is 0 Å². The predicted octanol–water partition coefficient (Wildman–Crippen LogP) is 2.94. The fourth-order valence-corrected chi connectivity index (χ4v) is 3.49. The lowest BCUT2D eigenvalue weighted by atomic mass is 9.93. The Morgan fingerprint density at radius 1 is 1.15 bits per heavy atom. The molecule has 0 spiro atoms. The van der Waals surface area contributed by atoms with E-state index >= 15 is 0 Å². The molecule has 3 aromatic rings. The lowest BCUT2D eigenvalue weighted by Crippen LogP contribution is -2.36. The second-order valence-corrected chi connectivity index (χ2v) is 6.84. The summed E-state index contributed by atoms with van der Waals surface area (Å²) in [4.78, 5) is 37.5. The second-order valence-electron chi connectivity index (χ2n) is 6.84. The van der Waals surface area contributed by atoms with Gasteiger partial charge in [-0.15, -0.1) is 0 Å². The highest BCUT2D eigenvalue weighted by Crippen LogP contribution is 2.26. The van der Waals surface area contributed by atoms with Gasteiger partial charge in [0.25, 0.3) is 5.91 Å². The predicted molar refractivity (Wildman–Crippen MR) is 103 cm³/mol. The Morgan fingerprint density at radius 2 is 1.96 bits per heavy atom. The maximum atomic E-state index is 12.5. The van der Waals surface area contributed by atoms with Gasteiger partial charge in [-0.2, -0.15) is 0 Å². The number of aromatic nitrogens is 3. The maximum absolute atomic E-state index is 12.5. The highest BCUT2D eigenvalue weighted by molar-refractivity contribution is 6.04. The largest absolute Gasteiger partial charge is 0.345 e. The van der Waals surface area contributed by atoms with Gasteiger partial charge >= 0.3 is 0 Å². The van der Waals surface area contributed by atoms with Crippen molar-refractivity contribution in [2.75, 3.05) is 18.4 Å². The number of amides is 2. The third-order valence-corrected chi connectivity index (χ3v) is 5.09. The molecule has 0 saturated carbocycles. The van der Waals surface area contributed by atoms with Gasteiger partial charge in [0.2, 0.25) is 5.91 Å². The molecule has 0 unspecified atom stereocenters. The van der Waals surface area contributed by atoms with Gasteiger partial charge in [0.15, 0.2) is 0 Å². The van der Waals surface area contributed by atoms with Crippen molar-refractivity contribution in [1.82, 2.24) is 19.9 Å². The van der Waals surface area contributed by atoms with Crippen LogP contribution in [0, 0.1) is 0 Å². The average Bonchev–Trinajstić information content (AvgIpc) is 3.16. The van der Waals surface area contributed by atoms with Crippen LogP contribution in [-0.4, -0.2) is 44.8 Å². The first-order valence-electron chi connectivity index (χ1n) is 9.06. The van der Waals surface area contributed by atoms with Crippen molar-refractivity contribution in [3.05, 3.63) is 54.1 Å². The number of hydrogen-bond donors (Lipinski definition) is 2. The van der Waals surface area contributed by atoms with E-state index in [1.165, 1.54) is 0 Å². The van der Waals surface area contributed by atoms with Crippen molar-refractivity contribution >= 4 is 28.5 Å². The van der Waals surface area contributed by atoms with Gasteiger partial charge in [-0.1, -0.05) is 0 Å². The van der Waals surface area contributed by atoms with Crippen LogP contribution in [-0.2, 0) is 4.79 Å². The first-order valence-corrected chi connectivity index (χ1v) is 9.06. The number of likely N-dealkylation sites (tertiary alicyclic amines) is 1. The minimum atomic E-state index is -0.195. The standard InChI is InChI=1S/C20H21N5O2/c1-13(26)25-8-6-14(7-9-25)17-4-2-15(11-21-17)20(27)24-16-3-5-18-19(10-16)23-12-22-18/h2-5,10-12,14H,6-9H2,1H3,(H,22,23)(H,24,27). The number of aromatic amines is 1. The zero-order valence-corrected chi connectivity index (χ0v) is 15.1. The van der Waals surface area contributed by atoms with Crippen LogP contribution < -0.4 is 5.32 Å². The Balaban J connectivity index is 1.41. The summed E-state index contributed by atoms with van der Waals surface area (Å²) in [5.41, 5.74) is 3.93. The quantitative estimate of drug-likeness (QED) is 0.748. The molecule has 4 rings (SSSR count). The number of carbonyl (C=O) groups is 2. The van der Waals surface area contributed by atoms with Crippen LogP contribution in [0.2, 0.25) is 0 Å². The fourth-order valence-electron chi connectivity index (χ4n) is 3.49. The van der Waals surface area contributed by atoms with Crippen LogP contribution in [0.1, 0.15) is 41.7 Å². The first-order chi connectivity index (χ1) is 13.1. The SMILES string of the molecule is CC(=O)N1CCC(c2ccc(C(=O)Nc3ccc4nc[nH]c4c3)cn2)CC1. The molecule has 3 heterocycles. The molecule has 0 aliphatic carbocycles. The molecule has 1 fully saturated rings. The third kappa shape index (κ3) is 3.67. The zero-order chi connectivity index (χ0) is 18.8. The topological polar surface area (TPSA) is 91.0 Å². The van der Waals surface area contributed by atoms with E-state index in [0.29, 0.717) is 17.2 Å². The minimum absolute atomic E-state index is 0.127. The molecule has 2 amide bonds. The molecule has 1 aliphatic heterocycles. The van der Waals surface area contributed by atoms with Crippen molar-refractivity contribution < 1.29 is 9.59 Å². The molecule has 2 N–H and O–H groups in total. The van der Waals surface area contributed by atoms with Gasteiger partial charge in [0.1, 0.15) is 0 Å². The van der Waals surface area contributed by atoms with Crippen LogP contribution in [0.15, 0.2) is 42.9 Å². The normalized spacial score (nSPS) is 15.1. The van der Waals surface area contributed by atoms with Crippen molar-refractivity contribution in [1.29, 1.82) is 0 Å². The number of imidazole rings is 1. The molecule has 138 valence electrons. The highest BCUT2D eigenvalue weighted by atomic mass is 16.2. The van der Waals surface area contributed by atoms with Crippen LogP contribution in [0.25, 0.3) is 11.0 Å². The lowest BCUT2D eigenvalue weighted by Gasteiger charge is -2.31. The molecule has 27 heavy (non-hydrogen) atoms. The van der Waals surface area contributed by atoms with E-state index in [0.717, 1.165) is 42.7 Å². The number of piperidine rings is 1. The molecule has 0 atom stereocenters. The maximum Gasteiger partial charge on any atom is 0.257 e. The molecule has 1 aromatic carbocycles. The highest BCUT2D eigenvalue weighted by Gasteiger charge is 2.23. The summed E-state index contributed by atoms with van der Waals surface area (Å²) in [6.45, 7) is 3.13. The molecule has 2 aromatic heterocycles. The number of H-pyrrole nitrogens is 1. The molecule has 7 nitrogen and oxygen atoms in total. The van der Waals surface area contributed by atoms with Gasteiger partial charge in [-0.05, 0) is 43.2 Å². The summed E-state index contributed by atoms with van der Waals surface area (Å²) in [6.07, 6.45) is 5.06. The summed E-state index contributed by atoms with van der Waals surface area (Å²) in [6, 6.07) is 9.26. The Labute approximate surface area is 156 Å². The molecule has 0 bridgehead atoms. The van der Waals surface area contributed by atoms with Crippen molar-refractivity contribution in [3.63, 3.8) is 0 Å². The number of rotatable bonds is 3. The minimum Gasteiger partial charge on any atom is -0.345 e. The van der Waals surface area contributed by atoms with Crippen molar-refractivity contribution in [2.45, 2.75) is 25.7 Å². The van der Waals surface area contributed by atoms with Gasteiger partial charge in [0, 0.05) is 43.5 Å². The van der Waals surface area contributed by atoms with E-state index in [1.54, 1.807) is 19.4 Å². The van der Waals surface area contributed by atoms with Crippen LogP contribution in [0.3, 0.4) is 0 Å². The summed E-state index contributed by atoms with van der Waals surface area (Å²) < 4.78 is 0. The van der Waals surface area contributed by atoms with E-state index in [1.807, 2.05) is 35.2 Å². The Kier molecular flexibility index (Phi) is 4.58. The van der Waals surface area contributed by atoms with E-state index in [9.17, 15) is 9.59 Å². The monoisotopic (exact) mass is 363 g/mol. The van der Waals surface area contributed by atoms with Crippen molar-refractivity contribution in [2.24, 2.45) is 0 Å². The number of pyridine rings is 1. The summed E-state index contributed by atoms with van der Waals surface area (Å²) in [5, 5.41) is 2.89. The number of benzene rings is 1. The first kappa shape index (κ1) is 17.2.